The van der Waals surface area contributed by atoms with Gasteiger partial charge in [0, 0.05) is 18.3 Å². The first-order valence-electron chi connectivity index (χ1n) is 9.63. The zero-order chi connectivity index (χ0) is 18.9. The number of nitrogens with zero attached hydrogens (tertiary/aromatic N) is 2. The van der Waals surface area contributed by atoms with Crippen LogP contribution < -0.4 is 11.5 Å². The molecule has 0 aliphatic carbocycles. The number of nitrogens with two attached hydrogens (primary N) is 2. The maximum absolute atomic E-state index is 5.40. The fourth-order valence-corrected chi connectivity index (χ4v) is 3.24. The van der Waals surface area contributed by atoms with Crippen molar-refractivity contribution in [3.8, 4) is 0 Å². The van der Waals surface area contributed by atoms with Crippen LogP contribution in [0.1, 0.15) is 70.4 Å². The second kappa shape index (κ2) is 9.95. The van der Waals surface area contributed by atoms with Gasteiger partial charge in [0.05, 0.1) is 5.71 Å². The Balaban J connectivity index is 1.94. The number of hydrogen-bond acceptors (Lipinski definition) is 2. The number of rotatable bonds is 9. The number of unbranched alkanes of at least 4 members (excludes halogenated alkanes) is 4. The van der Waals surface area contributed by atoms with Crippen molar-refractivity contribution in [2.45, 2.75) is 65.7 Å². The molecule has 0 saturated heterocycles. The Morgan fingerprint density at radius 1 is 1.12 bits per heavy atom. The molecule has 0 amide bonds. The summed E-state index contributed by atoms with van der Waals surface area (Å²) in [6, 6.07) is 8.89. The van der Waals surface area contributed by atoms with Crippen molar-refractivity contribution in [2.24, 2.45) is 21.5 Å². The van der Waals surface area contributed by atoms with Crippen molar-refractivity contribution < 1.29 is 0 Å². The Morgan fingerprint density at radius 3 is 2.46 bits per heavy atom. The van der Waals surface area contributed by atoms with Crippen LogP contribution in [0.4, 0.5) is 0 Å². The van der Waals surface area contributed by atoms with Crippen molar-refractivity contribution in [1.82, 2.24) is 0 Å². The maximum atomic E-state index is 5.40. The molecule has 1 aromatic rings. The Bertz CT molecular complexity index is 717. The van der Waals surface area contributed by atoms with E-state index in [1.807, 2.05) is 13.8 Å². The molecule has 1 heterocycles. The first kappa shape index (κ1) is 20.0. The fourth-order valence-electron chi connectivity index (χ4n) is 3.24. The molecule has 0 aromatic heterocycles. The van der Waals surface area contributed by atoms with Crippen molar-refractivity contribution >= 4 is 11.7 Å². The van der Waals surface area contributed by atoms with Crippen LogP contribution in [-0.2, 0) is 6.42 Å². The molecule has 140 valence electrons. The minimum absolute atomic E-state index is 0.0759. The number of guanidine groups is 1. The van der Waals surface area contributed by atoms with Crippen LogP contribution in [0.5, 0.6) is 0 Å². The highest BCUT2D eigenvalue weighted by Crippen LogP contribution is 2.28. The zero-order valence-corrected chi connectivity index (χ0v) is 16.4. The van der Waals surface area contributed by atoms with E-state index in [9.17, 15) is 0 Å². The van der Waals surface area contributed by atoms with Gasteiger partial charge in [0.2, 0.25) is 0 Å². The quantitative estimate of drug-likeness (QED) is 0.379. The van der Waals surface area contributed by atoms with Crippen LogP contribution in [0.25, 0.3) is 0 Å². The van der Waals surface area contributed by atoms with Gasteiger partial charge < -0.3 is 11.5 Å². The van der Waals surface area contributed by atoms with Crippen LogP contribution in [0.2, 0.25) is 0 Å². The molecule has 0 unspecified atom stereocenters. The Morgan fingerprint density at radius 2 is 1.81 bits per heavy atom. The molecule has 4 nitrogen and oxygen atoms in total. The maximum Gasteiger partial charge on any atom is 0.190 e. The van der Waals surface area contributed by atoms with Gasteiger partial charge in [-0.15, -0.1) is 0 Å². The summed E-state index contributed by atoms with van der Waals surface area (Å²) in [6.07, 6.45) is 10.3. The third-order valence-corrected chi connectivity index (χ3v) is 4.82. The van der Waals surface area contributed by atoms with E-state index in [4.69, 9.17) is 16.5 Å². The summed E-state index contributed by atoms with van der Waals surface area (Å²) >= 11 is 0. The van der Waals surface area contributed by atoms with E-state index in [0.717, 1.165) is 23.4 Å². The van der Waals surface area contributed by atoms with Crippen LogP contribution >= 0.6 is 0 Å². The summed E-state index contributed by atoms with van der Waals surface area (Å²) in [7, 11) is 0. The molecule has 2 rings (SSSR count). The van der Waals surface area contributed by atoms with Crippen molar-refractivity contribution in [2.75, 3.05) is 0 Å². The molecule has 0 spiro atoms. The van der Waals surface area contributed by atoms with Crippen LogP contribution in [0.3, 0.4) is 0 Å². The summed E-state index contributed by atoms with van der Waals surface area (Å²) in [6.45, 7) is 6.32. The van der Waals surface area contributed by atoms with Gasteiger partial charge in [0.25, 0.3) is 0 Å². The molecule has 0 bridgehead atoms. The van der Waals surface area contributed by atoms with E-state index >= 15 is 0 Å². The van der Waals surface area contributed by atoms with Crippen LogP contribution in [0.15, 0.2) is 57.3 Å². The van der Waals surface area contributed by atoms with Crippen LogP contribution in [0, 0.1) is 0 Å². The standard InChI is InChI=1S/C22H32N4/c1-4-5-6-7-8-9-18-10-12-19(13-11-18)21-14-20(17(3)26-21)16(2)15-25-22(23)24/h10-13,15H,4-9,14H2,1-3H3,(H4,23,24,25)/b16-15+. The van der Waals surface area contributed by atoms with Gasteiger partial charge in [0.1, 0.15) is 0 Å². The zero-order valence-electron chi connectivity index (χ0n) is 16.4. The van der Waals surface area contributed by atoms with Gasteiger partial charge in [-0.3, -0.25) is 4.99 Å². The van der Waals surface area contributed by atoms with Gasteiger partial charge in [-0.1, -0.05) is 56.9 Å². The van der Waals surface area contributed by atoms with Crippen molar-refractivity contribution in [1.29, 1.82) is 0 Å². The molecule has 0 atom stereocenters. The summed E-state index contributed by atoms with van der Waals surface area (Å²) in [4.78, 5) is 8.74. The van der Waals surface area contributed by atoms with Crippen LogP contribution in [-0.4, -0.2) is 11.7 Å². The molecule has 26 heavy (non-hydrogen) atoms. The third-order valence-electron chi connectivity index (χ3n) is 4.82. The molecule has 0 fully saturated rings. The normalized spacial score (nSPS) is 14.6. The Labute approximate surface area is 157 Å². The molecule has 0 radical (unpaired) electrons. The van der Waals surface area contributed by atoms with E-state index in [2.05, 4.69) is 36.2 Å². The van der Waals surface area contributed by atoms with E-state index < -0.39 is 0 Å². The van der Waals surface area contributed by atoms with E-state index in [0.29, 0.717) is 0 Å². The number of allylic oxidation sites excluding steroid dienone is 3. The first-order valence-corrected chi connectivity index (χ1v) is 9.63. The Kier molecular flexibility index (Phi) is 7.64. The van der Waals surface area contributed by atoms with Gasteiger partial charge in [-0.05, 0) is 49.0 Å². The predicted molar refractivity (Wildman–Crippen MR) is 112 cm³/mol. The average molecular weight is 353 g/mol. The summed E-state index contributed by atoms with van der Waals surface area (Å²) in [5.41, 5.74) is 17.8. The van der Waals surface area contributed by atoms with E-state index in [1.54, 1.807) is 6.20 Å². The summed E-state index contributed by atoms with van der Waals surface area (Å²) < 4.78 is 0. The summed E-state index contributed by atoms with van der Waals surface area (Å²) in [5, 5.41) is 0. The average Bonchev–Trinajstić information content (AvgIpc) is 3.02. The molecule has 1 aromatic carbocycles. The second-order valence-electron chi connectivity index (χ2n) is 7.03. The molecule has 0 saturated carbocycles. The lowest BCUT2D eigenvalue weighted by atomic mass is 9.98. The molecule has 1 aliphatic heterocycles. The lowest BCUT2D eigenvalue weighted by Gasteiger charge is -2.06. The lowest BCUT2D eigenvalue weighted by molar-refractivity contribution is 0.632. The third kappa shape index (κ3) is 5.87. The number of aliphatic imine (C=N–C) groups is 2. The number of benzene rings is 1. The first-order chi connectivity index (χ1) is 12.5. The topological polar surface area (TPSA) is 76.8 Å². The van der Waals surface area contributed by atoms with Crippen molar-refractivity contribution in [3.63, 3.8) is 0 Å². The SMILES string of the molecule is CCCCCCCc1ccc(C2=NC(C)=C(/C(C)=C/N=C(N)N)C2)cc1. The highest BCUT2D eigenvalue weighted by Gasteiger charge is 2.17. The second-order valence-corrected chi connectivity index (χ2v) is 7.03. The monoisotopic (exact) mass is 352 g/mol. The van der Waals surface area contributed by atoms with Gasteiger partial charge in [-0.25, -0.2) is 4.99 Å². The highest BCUT2D eigenvalue weighted by molar-refractivity contribution is 6.04. The smallest absolute Gasteiger partial charge is 0.190 e. The minimum Gasteiger partial charge on any atom is -0.370 e. The largest absolute Gasteiger partial charge is 0.370 e. The molecule has 4 heteroatoms. The number of aryl methyl sites for hydroxylation is 1. The molecular weight excluding hydrogens is 320 g/mol. The molecular formula is C22H32N4. The molecule has 4 N–H and O–H groups in total. The molecule has 1 aliphatic rings. The fraction of sp³-hybridized carbons (Fsp3) is 0.455. The van der Waals surface area contributed by atoms with Gasteiger partial charge in [0.15, 0.2) is 5.96 Å². The predicted octanol–water partition coefficient (Wildman–Crippen LogP) is 4.84. The van der Waals surface area contributed by atoms with E-state index in [1.165, 1.54) is 55.2 Å². The summed E-state index contributed by atoms with van der Waals surface area (Å²) in [5.74, 6) is 0.0759. The van der Waals surface area contributed by atoms with Crippen molar-refractivity contribution in [3.05, 3.63) is 58.4 Å². The van der Waals surface area contributed by atoms with E-state index in [-0.39, 0.29) is 5.96 Å². The van der Waals surface area contributed by atoms with Gasteiger partial charge >= 0.3 is 0 Å². The Hall–Kier alpha value is -2.36. The number of hydrogen-bond donors (Lipinski definition) is 2. The minimum atomic E-state index is 0.0759. The van der Waals surface area contributed by atoms with Gasteiger partial charge in [-0.2, -0.15) is 0 Å². The lowest BCUT2D eigenvalue weighted by Crippen LogP contribution is -2.21. The highest BCUT2D eigenvalue weighted by atomic mass is 15.0.